The van der Waals surface area contributed by atoms with Crippen molar-refractivity contribution in [1.82, 2.24) is 10.3 Å². The Morgan fingerprint density at radius 3 is 2.94 bits per heavy atom. The van der Waals surface area contributed by atoms with Crippen LogP contribution in [0.2, 0.25) is 0 Å². The molecule has 0 aliphatic heterocycles. The van der Waals surface area contributed by atoms with Crippen molar-refractivity contribution in [2.75, 3.05) is 17.6 Å². The van der Waals surface area contributed by atoms with E-state index in [4.69, 9.17) is 11.0 Å². The highest BCUT2D eigenvalue weighted by atomic mass is 16.2. The molecule has 1 rings (SSSR count). The molecule has 1 aromatic heterocycles. The molecule has 0 spiro atoms. The van der Waals surface area contributed by atoms with Gasteiger partial charge in [-0.15, -0.1) is 0 Å². The summed E-state index contributed by atoms with van der Waals surface area (Å²) in [5, 5.41) is 14.2. The quantitative estimate of drug-likeness (QED) is 0.701. The number of hydrogen-bond donors (Lipinski definition) is 3. The van der Waals surface area contributed by atoms with Crippen molar-refractivity contribution in [3.63, 3.8) is 0 Å². The molecule has 0 saturated heterocycles. The van der Waals surface area contributed by atoms with Gasteiger partial charge in [-0.1, -0.05) is 0 Å². The van der Waals surface area contributed by atoms with Crippen molar-refractivity contribution in [2.45, 2.75) is 19.9 Å². The standard InChI is InChI=1S/C11H15N5O/c1-3-14-11(17)7(2)16-10-9(13)4-8(5-12)6-15-10/h4,6-7H,3,13H2,1-2H3,(H,14,17)(H,15,16). The first-order valence-corrected chi connectivity index (χ1v) is 5.28. The van der Waals surface area contributed by atoms with E-state index in [0.717, 1.165) is 0 Å². The highest BCUT2D eigenvalue weighted by Crippen LogP contribution is 2.16. The van der Waals surface area contributed by atoms with Crippen LogP contribution in [-0.4, -0.2) is 23.5 Å². The number of carbonyl (C=O) groups is 1. The predicted octanol–water partition coefficient (Wildman–Crippen LogP) is 0.472. The van der Waals surface area contributed by atoms with Gasteiger partial charge in [-0.2, -0.15) is 5.26 Å². The number of rotatable bonds is 4. The van der Waals surface area contributed by atoms with Crippen molar-refractivity contribution in [3.05, 3.63) is 17.8 Å². The zero-order chi connectivity index (χ0) is 12.8. The van der Waals surface area contributed by atoms with Crippen LogP contribution in [0.3, 0.4) is 0 Å². The van der Waals surface area contributed by atoms with E-state index in [0.29, 0.717) is 23.6 Å². The molecule has 0 aliphatic carbocycles. The fourth-order valence-corrected chi connectivity index (χ4v) is 1.26. The summed E-state index contributed by atoms with van der Waals surface area (Å²) in [7, 11) is 0. The highest BCUT2D eigenvalue weighted by molar-refractivity contribution is 5.84. The molecule has 1 heterocycles. The van der Waals surface area contributed by atoms with Gasteiger partial charge in [0.1, 0.15) is 17.9 Å². The van der Waals surface area contributed by atoms with Crippen molar-refractivity contribution < 1.29 is 4.79 Å². The van der Waals surface area contributed by atoms with Crippen molar-refractivity contribution in [2.24, 2.45) is 0 Å². The molecule has 1 unspecified atom stereocenters. The van der Waals surface area contributed by atoms with Gasteiger partial charge in [-0.3, -0.25) is 4.79 Å². The van der Waals surface area contributed by atoms with Crippen molar-refractivity contribution >= 4 is 17.4 Å². The van der Waals surface area contributed by atoms with Gasteiger partial charge in [0.2, 0.25) is 5.91 Å². The van der Waals surface area contributed by atoms with E-state index >= 15 is 0 Å². The van der Waals surface area contributed by atoms with Gasteiger partial charge in [0.15, 0.2) is 0 Å². The van der Waals surface area contributed by atoms with Crippen LogP contribution in [0.25, 0.3) is 0 Å². The minimum atomic E-state index is -0.433. The van der Waals surface area contributed by atoms with Crippen LogP contribution in [0.1, 0.15) is 19.4 Å². The monoisotopic (exact) mass is 233 g/mol. The molecule has 4 N–H and O–H groups in total. The Labute approximate surface area is 99.8 Å². The molecule has 0 saturated carbocycles. The number of amides is 1. The lowest BCUT2D eigenvalue weighted by molar-refractivity contribution is -0.121. The van der Waals surface area contributed by atoms with Gasteiger partial charge in [-0.05, 0) is 19.9 Å². The van der Waals surface area contributed by atoms with Gasteiger partial charge in [-0.25, -0.2) is 4.98 Å². The molecule has 0 bridgehead atoms. The first-order chi connectivity index (χ1) is 8.08. The summed E-state index contributed by atoms with van der Waals surface area (Å²) in [6.07, 6.45) is 1.41. The number of anilines is 2. The fraction of sp³-hybridized carbons (Fsp3) is 0.364. The Hall–Kier alpha value is -2.29. The molecule has 1 amide bonds. The summed E-state index contributed by atoms with van der Waals surface area (Å²) >= 11 is 0. The van der Waals surface area contributed by atoms with Gasteiger partial charge < -0.3 is 16.4 Å². The van der Waals surface area contributed by atoms with E-state index in [1.54, 1.807) is 6.92 Å². The number of pyridine rings is 1. The molecule has 0 aromatic carbocycles. The Balaban J connectivity index is 2.75. The first-order valence-electron chi connectivity index (χ1n) is 5.28. The smallest absolute Gasteiger partial charge is 0.242 e. The zero-order valence-electron chi connectivity index (χ0n) is 9.82. The average molecular weight is 233 g/mol. The average Bonchev–Trinajstić information content (AvgIpc) is 2.31. The lowest BCUT2D eigenvalue weighted by Crippen LogP contribution is -2.37. The summed E-state index contributed by atoms with van der Waals surface area (Å²) in [5.41, 5.74) is 6.45. The Kier molecular flexibility index (Phi) is 4.29. The number of hydrogen-bond acceptors (Lipinski definition) is 5. The second-order valence-corrected chi connectivity index (χ2v) is 3.53. The maximum absolute atomic E-state index is 11.5. The third-order valence-electron chi connectivity index (χ3n) is 2.14. The third-order valence-corrected chi connectivity index (χ3v) is 2.14. The molecule has 17 heavy (non-hydrogen) atoms. The van der Waals surface area contributed by atoms with E-state index in [1.165, 1.54) is 12.3 Å². The maximum Gasteiger partial charge on any atom is 0.242 e. The number of nitrogens with zero attached hydrogens (tertiary/aromatic N) is 2. The third kappa shape index (κ3) is 3.34. The van der Waals surface area contributed by atoms with Crippen LogP contribution in [0, 0.1) is 11.3 Å². The summed E-state index contributed by atoms with van der Waals surface area (Å²) in [5.74, 6) is 0.279. The lowest BCUT2D eigenvalue weighted by Gasteiger charge is -2.15. The van der Waals surface area contributed by atoms with E-state index in [9.17, 15) is 4.79 Å². The molecule has 1 aromatic rings. The van der Waals surface area contributed by atoms with Crippen LogP contribution in [0.4, 0.5) is 11.5 Å². The van der Waals surface area contributed by atoms with Crippen LogP contribution in [0.5, 0.6) is 0 Å². The number of likely N-dealkylation sites (N-methyl/N-ethyl adjacent to an activating group) is 1. The summed E-state index contributed by atoms with van der Waals surface area (Å²) in [6, 6.07) is 3.02. The van der Waals surface area contributed by atoms with Gasteiger partial charge in [0.25, 0.3) is 0 Å². The topological polar surface area (TPSA) is 104 Å². The van der Waals surface area contributed by atoms with Gasteiger partial charge in [0.05, 0.1) is 11.3 Å². The second kappa shape index (κ2) is 5.70. The Morgan fingerprint density at radius 1 is 1.71 bits per heavy atom. The van der Waals surface area contributed by atoms with Crippen LogP contribution in [-0.2, 0) is 4.79 Å². The van der Waals surface area contributed by atoms with E-state index in [1.807, 2.05) is 13.0 Å². The minimum absolute atomic E-state index is 0.127. The fourth-order valence-electron chi connectivity index (χ4n) is 1.26. The number of nitrogens with one attached hydrogen (secondary N) is 2. The molecule has 6 nitrogen and oxygen atoms in total. The molecule has 90 valence electrons. The zero-order valence-corrected chi connectivity index (χ0v) is 9.82. The normalized spacial score (nSPS) is 11.4. The largest absolute Gasteiger partial charge is 0.396 e. The number of aromatic nitrogens is 1. The molecule has 0 fully saturated rings. The summed E-state index contributed by atoms with van der Waals surface area (Å²) in [4.78, 5) is 15.5. The van der Waals surface area contributed by atoms with Crippen LogP contribution in [0.15, 0.2) is 12.3 Å². The second-order valence-electron chi connectivity index (χ2n) is 3.53. The molecule has 0 radical (unpaired) electrons. The number of nitrogen functional groups attached to an aromatic ring is 1. The van der Waals surface area contributed by atoms with Crippen LogP contribution < -0.4 is 16.4 Å². The molecule has 0 aliphatic rings. The predicted molar refractivity (Wildman–Crippen MR) is 65.1 cm³/mol. The SMILES string of the molecule is CCNC(=O)C(C)Nc1ncc(C#N)cc1N. The van der Waals surface area contributed by atoms with Gasteiger partial charge in [0, 0.05) is 12.7 Å². The molecular weight excluding hydrogens is 218 g/mol. The lowest BCUT2D eigenvalue weighted by atomic mass is 10.2. The summed E-state index contributed by atoms with van der Waals surface area (Å²) in [6.45, 7) is 4.13. The van der Waals surface area contributed by atoms with Crippen LogP contribution >= 0.6 is 0 Å². The Bertz CT molecular complexity index is 452. The van der Waals surface area contributed by atoms with Crippen molar-refractivity contribution in [3.8, 4) is 6.07 Å². The molecule has 1 atom stereocenters. The van der Waals surface area contributed by atoms with E-state index in [-0.39, 0.29) is 5.91 Å². The molecule has 6 heteroatoms. The highest BCUT2D eigenvalue weighted by Gasteiger charge is 2.13. The maximum atomic E-state index is 11.5. The van der Waals surface area contributed by atoms with E-state index < -0.39 is 6.04 Å². The first kappa shape index (κ1) is 12.8. The van der Waals surface area contributed by atoms with Crippen molar-refractivity contribution in [1.29, 1.82) is 5.26 Å². The number of nitriles is 1. The number of carbonyl (C=O) groups excluding carboxylic acids is 1. The number of nitrogens with two attached hydrogens (primary N) is 1. The molecular formula is C11H15N5O. The van der Waals surface area contributed by atoms with Gasteiger partial charge >= 0.3 is 0 Å². The Morgan fingerprint density at radius 2 is 2.41 bits per heavy atom. The summed E-state index contributed by atoms with van der Waals surface area (Å²) < 4.78 is 0. The minimum Gasteiger partial charge on any atom is -0.396 e. The van der Waals surface area contributed by atoms with E-state index in [2.05, 4.69) is 15.6 Å².